The molecule has 1 unspecified atom stereocenters. The van der Waals surface area contributed by atoms with Crippen molar-refractivity contribution in [3.8, 4) is 0 Å². The molecule has 1 fully saturated rings. The number of thioether (sulfide) groups is 1. The first-order valence-corrected chi connectivity index (χ1v) is 6.46. The predicted molar refractivity (Wildman–Crippen MR) is 66.2 cm³/mol. The number of hydrogen-bond acceptors (Lipinski definition) is 2. The third kappa shape index (κ3) is 1.74. The largest absolute Gasteiger partial charge is 0.252 e. The molecule has 76 valence electrons. The van der Waals surface area contributed by atoms with Crippen LogP contribution >= 0.6 is 11.8 Å². The summed E-state index contributed by atoms with van der Waals surface area (Å²) in [7, 11) is 0. The molecule has 1 aliphatic rings. The minimum atomic E-state index is 0.634. The van der Waals surface area contributed by atoms with Gasteiger partial charge in [0.05, 0.1) is 11.2 Å². The molecule has 2 aromatic rings. The molecule has 0 amide bonds. The fourth-order valence-corrected chi connectivity index (χ4v) is 3.33. The molecule has 0 radical (unpaired) electrons. The summed E-state index contributed by atoms with van der Waals surface area (Å²) in [5.74, 6) is 1.29. The second-order valence-electron chi connectivity index (χ2n) is 3.93. The number of para-hydroxylation sites is 1. The Morgan fingerprint density at radius 2 is 2.07 bits per heavy atom. The van der Waals surface area contributed by atoms with Crippen LogP contribution in [0.15, 0.2) is 36.4 Å². The Morgan fingerprint density at radius 1 is 1.13 bits per heavy atom. The van der Waals surface area contributed by atoms with Crippen molar-refractivity contribution in [2.75, 3.05) is 5.75 Å². The van der Waals surface area contributed by atoms with E-state index in [1.165, 1.54) is 29.7 Å². The molecule has 0 N–H and O–H groups in total. The maximum Gasteiger partial charge on any atom is 0.0705 e. The van der Waals surface area contributed by atoms with Crippen molar-refractivity contribution in [2.45, 2.75) is 18.1 Å². The van der Waals surface area contributed by atoms with Crippen LogP contribution in [-0.4, -0.2) is 10.7 Å². The molecule has 0 aliphatic carbocycles. The van der Waals surface area contributed by atoms with E-state index < -0.39 is 0 Å². The first-order chi connectivity index (χ1) is 7.43. The van der Waals surface area contributed by atoms with Crippen molar-refractivity contribution in [1.82, 2.24) is 4.98 Å². The molecular formula is C13H13NS. The van der Waals surface area contributed by atoms with E-state index in [-0.39, 0.29) is 0 Å². The van der Waals surface area contributed by atoms with Gasteiger partial charge in [-0.25, -0.2) is 0 Å². The summed E-state index contributed by atoms with van der Waals surface area (Å²) in [6.07, 6.45) is 2.62. The first kappa shape index (κ1) is 9.22. The highest BCUT2D eigenvalue weighted by atomic mass is 32.2. The average molecular weight is 215 g/mol. The van der Waals surface area contributed by atoms with Crippen molar-refractivity contribution < 1.29 is 0 Å². The van der Waals surface area contributed by atoms with Crippen LogP contribution in [0.1, 0.15) is 23.8 Å². The second kappa shape index (κ2) is 3.86. The molecule has 1 nitrogen and oxygen atoms in total. The Balaban J connectivity index is 2.05. The van der Waals surface area contributed by atoms with E-state index in [4.69, 9.17) is 4.98 Å². The van der Waals surface area contributed by atoms with Crippen molar-refractivity contribution in [3.05, 3.63) is 42.1 Å². The van der Waals surface area contributed by atoms with E-state index in [9.17, 15) is 0 Å². The lowest BCUT2D eigenvalue weighted by molar-refractivity contribution is 0.811. The molecule has 1 aromatic carbocycles. The summed E-state index contributed by atoms with van der Waals surface area (Å²) in [6, 6.07) is 12.7. The number of nitrogens with zero attached hydrogens (tertiary/aromatic N) is 1. The Morgan fingerprint density at radius 3 is 2.93 bits per heavy atom. The average Bonchev–Trinajstić information content (AvgIpc) is 2.82. The monoisotopic (exact) mass is 215 g/mol. The fourth-order valence-electron chi connectivity index (χ4n) is 2.07. The van der Waals surface area contributed by atoms with Gasteiger partial charge in [-0.15, -0.1) is 0 Å². The summed E-state index contributed by atoms with van der Waals surface area (Å²) in [5, 5.41) is 1.87. The number of benzene rings is 1. The van der Waals surface area contributed by atoms with Crippen LogP contribution in [-0.2, 0) is 0 Å². The van der Waals surface area contributed by atoms with Crippen LogP contribution in [0.4, 0.5) is 0 Å². The standard InChI is InChI=1S/C13H13NS/c1-2-5-11-10(4-1)7-8-12(14-11)13-6-3-9-15-13/h1-2,4-5,7-8,13H,3,6,9H2. The highest BCUT2D eigenvalue weighted by Gasteiger charge is 2.18. The molecule has 1 atom stereocenters. The predicted octanol–water partition coefficient (Wildman–Crippen LogP) is 3.80. The third-order valence-corrected chi connectivity index (χ3v) is 4.28. The zero-order valence-electron chi connectivity index (χ0n) is 8.52. The Bertz CT molecular complexity index is 475. The number of rotatable bonds is 1. The maximum atomic E-state index is 4.74. The molecule has 15 heavy (non-hydrogen) atoms. The van der Waals surface area contributed by atoms with Gasteiger partial charge in [0.2, 0.25) is 0 Å². The maximum absolute atomic E-state index is 4.74. The number of hydrogen-bond donors (Lipinski definition) is 0. The van der Waals surface area contributed by atoms with Crippen molar-refractivity contribution in [2.24, 2.45) is 0 Å². The van der Waals surface area contributed by atoms with Crippen LogP contribution in [0.3, 0.4) is 0 Å². The smallest absolute Gasteiger partial charge is 0.0705 e. The second-order valence-corrected chi connectivity index (χ2v) is 5.24. The van der Waals surface area contributed by atoms with Gasteiger partial charge in [-0.3, -0.25) is 4.98 Å². The minimum Gasteiger partial charge on any atom is -0.252 e. The SMILES string of the molecule is c1ccc2nc(C3CCCS3)ccc2c1. The topological polar surface area (TPSA) is 12.9 Å². The lowest BCUT2D eigenvalue weighted by Crippen LogP contribution is -1.93. The summed E-state index contributed by atoms with van der Waals surface area (Å²) >= 11 is 2.04. The van der Waals surface area contributed by atoms with Gasteiger partial charge < -0.3 is 0 Å². The lowest BCUT2D eigenvalue weighted by Gasteiger charge is -2.08. The Kier molecular flexibility index (Phi) is 2.37. The number of fused-ring (bicyclic) bond motifs is 1. The zero-order valence-corrected chi connectivity index (χ0v) is 9.33. The van der Waals surface area contributed by atoms with Gasteiger partial charge in [0, 0.05) is 10.6 Å². The van der Waals surface area contributed by atoms with Crippen LogP contribution < -0.4 is 0 Å². The summed E-state index contributed by atoms with van der Waals surface area (Å²) in [5.41, 5.74) is 2.39. The molecule has 3 rings (SSSR count). The van der Waals surface area contributed by atoms with Crippen molar-refractivity contribution in [3.63, 3.8) is 0 Å². The molecule has 2 heterocycles. The normalized spacial score (nSPS) is 20.9. The molecule has 0 spiro atoms. The number of pyridine rings is 1. The van der Waals surface area contributed by atoms with Gasteiger partial charge in [-0.05, 0) is 30.7 Å². The van der Waals surface area contributed by atoms with Crippen molar-refractivity contribution in [1.29, 1.82) is 0 Å². The highest BCUT2D eigenvalue weighted by Crippen LogP contribution is 2.39. The van der Waals surface area contributed by atoms with Gasteiger partial charge >= 0.3 is 0 Å². The molecule has 1 aliphatic heterocycles. The fraction of sp³-hybridized carbons (Fsp3) is 0.308. The van der Waals surface area contributed by atoms with Crippen LogP contribution in [0.2, 0.25) is 0 Å². The van der Waals surface area contributed by atoms with Crippen LogP contribution in [0.25, 0.3) is 10.9 Å². The number of aromatic nitrogens is 1. The van der Waals surface area contributed by atoms with E-state index >= 15 is 0 Å². The van der Waals surface area contributed by atoms with Gasteiger partial charge in [0.25, 0.3) is 0 Å². The van der Waals surface area contributed by atoms with E-state index in [1.807, 2.05) is 11.8 Å². The van der Waals surface area contributed by atoms with E-state index in [0.29, 0.717) is 5.25 Å². The van der Waals surface area contributed by atoms with Crippen molar-refractivity contribution >= 4 is 22.7 Å². The quantitative estimate of drug-likeness (QED) is 0.717. The minimum absolute atomic E-state index is 0.634. The highest BCUT2D eigenvalue weighted by molar-refractivity contribution is 7.99. The van der Waals surface area contributed by atoms with Gasteiger partial charge in [0.1, 0.15) is 0 Å². The Hall–Kier alpha value is -1.02. The third-order valence-electron chi connectivity index (χ3n) is 2.88. The van der Waals surface area contributed by atoms with Gasteiger partial charge in [-0.1, -0.05) is 24.3 Å². The lowest BCUT2D eigenvalue weighted by atomic mass is 10.1. The first-order valence-electron chi connectivity index (χ1n) is 5.41. The molecule has 0 bridgehead atoms. The molecule has 1 aromatic heterocycles. The van der Waals surface area contributed by atoms with Crippen LogP contribution in [0.5, 0.6) is 0 Å². The van der Waals surface area contributed by atoms with Crippen LogP contribution in [0, 0.1) is 0 Å². The van der Waals surface area contributed by atoms with E-state index in [0.717, 1.165) is 5.52 Å². The van der Waals surface area contributed by atoms with Gasteiger partial charge in [-0.2, -0.15) is 11.8 Å². The summed E-state index contributed by atoms with van der Waals surface area (Å²) < 4.78 is 0. The Labute approximate surface area is 93.9 Å². The molecular weight excluding hydrogens is 202 g/mol. The van der Waals surface area contributed by atoms with E-state index in [2.05, 4.69) is 36.4 Å². The molecule has 1 saturated heterocycles. The summed E-state index contributed by atoms with van der Waals surface area (Å²) in [6.45, 7) is 0. The van der Waals surface area contributed by atoms with Gasteiger partial charge in [0.15, 0.2) is 0 Å². The molecule has 0 saturated carbocycles. The zero-order chi connectivity index (χ0) is 10.1. The summed E-state index contributed by atoms with van der Waals surface area (Å²) in [4.78, 5) is 4.74. The van der Waals surface area contributed by atoms with E-state index in [1.54, 1.807) is 0 Å². The molecule has 2 heteroatoms.